The molecule has 22 heavy (non-hydrogen) atoms. The second-order valence-corrected chi connectivity index (χ2v) is 5.73. The van der Waals surface area contributed by atoms with Crippen molar-refractivity contribution in [3.05, 3.63) is 36.2 Å². The maximum atomic E-state index is 12.1. The molecule has 1 aliphatic heterocycles. The highest BCUT2D eigenvalue weighted by molar-refractivity contribution is 5.92. The number of hydrogen-bond acceptors (Lipinski definition) is 4. The molecule has 1 unspecified atom stereocenters. The SMILES string of the molecule is CC1(C(=O)O)CCN(C(=O)C=Cc2nc3ccccc3o2)C1. The van der Waals surface area contributed by atoms with Crippen molar-refractivity contribution in [2.24, 2.45) is 5.41 Å². The van der Waals surface area contributed by atoms with Gasteiger partial charge in [-0.1, -0.05) is 12.1 Å². The lowest BCUT2D eigenvalue weighted by Crippen LogP contribution is -2.34. The minimum atomic E-state index is -0.870. The van der Waals surface area contributed by atoms with E-state index < -0.39 is 11.4 Å². The average Bonchev–Trinajstić information content (AvgIpc) is 3.09. The lowest BCUT2D eigenvalue weighted by molar-refractivity contribution is -0.147. The summed E-state index contributed by atoms with van der Waals surface area (Å²) in [4.78, 5) is 29.1. The topological polar surface area (TPSA) is 83.6 Å². The van der Waals surface area contributed by atoms with Crippen molar-refractivity contribution in [1.82, 2.24) is 9.88 Å². The van der Waals surface area contributed by atoms with Gasteiger partial charge in [0.2, 0.25) is 11.8 Å². The van der Waals surface area contributed by atoms with E-state index >= 15 is 0 Å². The fourth-order valence-corrected chi connectivity index (χ4v) is 2.53. The molecule has 1 fully saturated rings. The molecule has 6 heteroatoms. The number of amides is 1. The standard InChI is InChI=1S/C16H16N2O4/c1-16(15(20)21)8-9-18(10-16)14(19)7-6-13-17-11-4-2-3-5-12(11)22-13/h2-7H,8-10H2,1H3,(H,20,21). The fourth-order valence-electron chi connectivity index (χ4n) is 2.53. The first-order valence-electron chi connectivity index (χ1n) is 7.04. The van der Waals surface area contributed by atoms with Crippen molar-refractivity contribution in [3.63, 3.8) is 0 Å². The van der Waals surface area contributed by atoms with Gasteiger partial charge in [-0.15, -0.1) is 0 Å². The summed E-state index contributed by atoms with van der Waals surface area (Å²) < 4.78 is 5.50. The van der Waals surface area contributed by atoms with E-state index in [0.29, 0.717) is 24.4 Å². The second kappa shape index (κ2) is 5.29. The van der Waals surface area contributed by atoms with E-state index in [-0.39, 0.29) is 12.5 Å². The number of nitrogens with zero attached hydrogens (tertiary/aromatic N) is 2. The van der Waals surface area contributed by atoms with Crippen molar-refractivity contribution in [3.8, 4) is 0 Å². The molecular formula is C16H16N2O4. The molecule has 3 rings (SSSR count). The molecule has 1 N–H and O–H groups in total. The quantitative estimate of drug-likeness (QED) is 0.878. The normalized spacial score (nSPS) is 21.8. The summed E-state index contributed by atoms with van der Waals surface area (Å²) in [5, 5.41) is 9.18. The van der Waals surface area contributed by atoms with E-state index in [9.17, 15) is 14.7 Å². The number of rotatable bonds is 3. The van der Waals surface area contributed by atoms with Crippen molar-refractivity contribution >= 4 is 29.1 Å². The lowest BCUT2D eigenvalue weighted by atomic mass is 9.90. The molecule has 1 atom stereocenters. The summed E-state index contributed by atoms with van der Waals surface area (Å²) in [6, 6.07) is 7.35. The van der Waals surface area contributed by atoms with E-state index in [0.717, 1.165) is 5.52 Å². The molecule has 0 aliphatic carbocycles. The number of carboxylic acid groups (broad SMARTS) is 1. The number of fused-ring (bicyclic) bond motifs is 1. The van der Waals surface area contributed by atoms with E-state index in [4.69, 9.17) is 4.42 Å². The second-order valence-electron chi connectivity index (χ2n) is 5.73. The van der Waals surface area contributed by atoms with Crippen molar-refractivity contribution in [2.45, 2.75) is 13.3 Å². The predicted octanol–water partition coefficient (Wildman–Crippen LogP) is 2.16. The summed E-state index contributed by atoms with van der Waals surface area (Å²) in [5.41, 5.74) is 0.532. The molecule has 2 aromatic rings. The van der Waals surface area contributed by atoms with Gasteiger partial charge in [0.25, 0.3) is 0 Å². The van der Waals surface area contributed by atoms with Gasteiger partial charge < -0.3 is 14.4 Å². The van der Waals surface area contributed by atoms with Crippen LogP contribution in [-0.2, 0) is 9.59 Å². The van der Waals surface area contributed by atoms with Gasteiger partial charge >= 0.3 is 5.97 Å². The third kappa shape index (κ3) is 2.59. The number of hydrogen-bond donors (Lipinski definition) is 1. The first-order chi connectivity index (χ1) is 10.5. The van der Waals surface area contributed by atoms with Crippen LogP contribution in [0, 0.1) is 5.41 Å². The summed E-state index contributed by atoms with van der Waals surface area (Å²) in [5.74, 6) is -0.743. The van der Waals surface area contributed by atoms with Gasteiger partial charge in [0.1, 0.15) is 5.52 Å². The minimum absolute atomic E-state index is 0.221. The molecule has 1 aromatic heterocycles. The molecule has 1 aromatic carbocycles. The maximum Gasteiger partial charge on any atom is 0.311 e. The molecule has 0 saturated carbocycles. The molecule has 1 amide bonds. The van der Waals surface area contributed by atoms with Crippen LogP contribution in [0.25, 0.3) is 17.2 Å². The number of oxazole rings is 1. The highest BCUT2D eigenvalue weighted by Gasteiger charge is 2.41. The van der Waals surface area contributed by atoms with Crippen LogP contribution in [0.15, 0.2) is 34.8 Å². The van der Waals surface area contributed by atoms with Gasteiger partial charge in [-0.25, -0.2) is 4.98 Å². The zero-order valence-corrected chi connectivity index (χ0v) is 12.2. The number of para-hydroxylation sites is 2. The van der Waals surface area contributed by atoms with Gasteiger partial charge in [-0.3, -0.25) is 9.59 Å². The van der Waals surface area contributed by atoms with Crippen LogP contribution in [0.5, 0.6) is 0 Å². The van der Waals surface area contributed by atoms with Crippen LogP contribution >= 0.6 is 0 Å². The van der Waals surface area contributed by atoms with Crippen molar-refractivity contribution in [1.29, 1.82) is 0 Å². The number of carbonyl (C=O) groups excluding carboxylic acids is 1. The largest absolute Gasteiger partial charge is 0.481 e. The molecule has 1 aliphatic rings. The molecule has 6 nitrogen and oxygen atoms in total. The third-order valence-corrected chi connectivity index (χ3v) is 3.98. The average molecular weight is 300 g/mol. The molecule has 2 heterocycles. The Morgan fingerprint density at radius 3 is 2.86 bits per heavy atom. The minimum Gasteiger partial charge on any atom is -0.481 e. The monoisotopic (exact) mass is 300 g/mol. The zero-order valence-electron chi connectivity index (χ0n) is 12.2. The highest BCUT2D eigenvalue weighted by Crippen LogP contribution is 2.30. The summed E-state index contributed by atoms with van der Waals surface area (Å²) in [6.07, 6.45) is 3.35. The van der Waals surface area contributed by atoms with E-state index in [2.05, 4.69) is 4.98 Å². The van der Waals surface area contributed by atoms with Crippen LogP contribution in [-0.4, -0.2) is 40.0 Å². The number of carbonyl (C=O) groups is 2. The Morgan fingerprint density at radius 2 is 2.18 bits per heavy atom. The van der Waals surface area contributed by atoms with E-state index in [1.54, 1.807) is 13.0 Å². The van der Waals surface area contributed by atoms with Crippen molar-refractivity contribution < 1.29 is 19.1 Å². The van der Waals surface area contributed by atoms with Gasteiger partial charge in [-0.2, -0.15) is 0 Å². The molecule has 0 radical (unpaired) electrons. The summed E-state index contributed by atoms with van der Waals surface area (Å²) >= 11 is 0. The van der Waals surface area contributed by atoms with E-state index in [1.165, 1.54) is 17.1 Å². The smallest absolute Gasteiger partial charge is 0.311 e. The Balaban J connectivity index is 1.70. The first kappa shape index (κ1) is 14.3. The molecule has 0 spiro atoms. The van der Waals surface area contributed by atoms with Gasteiger partial charge in [0.05, 0.1) is 5.41 Å². The van der Waals surface area contributed by atoms with Crippen molar-refractivity contribution in [2.75, 3.05) is 13.1 Å². The van der Waals surface area contributed by atoms with Crippen LogP contribution in [0.4, 0.5) is 0 Å². The van der Waals surface area contributed by atoms with Gasteiger partial charge in [0, 0.05) is 25.2 Å². The molecular weight excluding hydrogens is 284 g/mol. The van der Waals surface area contributed by atoms with E-state index in [1.807, 2.05) is 18.2 Å². The van der Waals surface area contributed by atoms with Crippen LogP contribution in [0.1, 0.15) is 19.2 Å². The Labute approximate surface area is 127 Å². The van der Waals surface area contributed by atoms with Crippen LogP contribution in [0.3, 0.4) is 0 Å². The Kier molecular flexibility index (Phi) is 3.44. The molecule has 114 valence electrons. The van der Waals surface area contributed by atoms with Crippen LogP contribution < -0.4 is 0 Å². The lowest BCUT2D eigenvalue weighted by Gasteiger charge is -2.18. The fraction of sp³-hybridized carbons (Fsp3) is 0.312. The highest BCUT2D eigenvalue weighted by atomic mass is 16.4. The molecule has 0 bridgehead atoms. The number of carboxylic acids is 1. The molecule has 1 saturated heterocycles. The zero-order chi connectivity index (χ0) is 15.7. The maximum absolute atomic E-state index is 12.1. The third-order valence-electron chi connectivity index (χ3n) is 3.98. The Hall–Kier alpha value is -2.63. The number of aromatic nitrogens is 1. The number of likely N-dealkylation sites (tertiary alicyclic amines) is 1. The van der Waals surface area contributed by atoms with Gasteiger partial charge in [-0.05, 0) is 25.5 Å². The first-order valence-corrected chi connectivity index (χ1v) is 7.04. The predicted molar refractivity (Wildman–Crippen MR) is 80.0 cm³/mol. The summed E-state index contributed by atoms with van der Waals surface area (Å²) in [6.45, 7) is 2.33. The van der Waals surface area contributed by atoms with Crippen LogP contribution in [0.2, 0.25) is 0 Å². The number of aliphatic carboxylic acids is 1. The summed E-state index contributed by atoms with van der Waals surface area (Å²) in [7, 11) is 0. The Morgan fingerprint density at radius 1 is 1.41 bits per heavy atom. The number of benzene rings is 1. The Bertz CT molecular complexity index is 731. The van der Waals surface area contributed by atoms with Gasteiger partial charge in [0.15, 0.2) is 5.58 Å².